The fourth-order valence-corrected chi connectivity index (χ4v) is 3.42. The third-order valence-electron chi connectivity index (χ3n) is 4.84. The molecule has 1 aromatic heterocycles. The standard InChI is InChI=1S/C25H28N2O3/c1-5-29-23-11-7-6-10-21(23)16-27(4)25(28)22-13-18(2)24(19(3)14-22)30-17-20-9-8-12-26-15-20/h6-15H,5,16-17H2,1-4H3. The highest BCUT2D eigenvalue weighted by Crippen LogP contribution is 2.27. The molecule has 3 aromatic rings. The molecule has 0 aliphatic heterocycles. The van der Waals surface area contributed by atoms with Gasteiger partial charge in [0.2, 0.25) is 0 Å². The van der Waals surface area contributed by atoms with Crippen molar-refractivity contribution in [3.63, 3.8) is 0 Å². The predicted molar refractivity (Wildman–Crippen MR) is 118 cm³/mol. The van der Waals surface area contributed by atoms with Gasteiger partial charge in [-0.05, 0) is 56.2 Å². The second-order valence-corrected chi connectivity index (χ2v) is 7.29. The number of hydrogen-bond donors (Lipinski definition) is 0. The van der Waals surface area contributed by atoms with Crippen LogP contribution in [0.5, 0.6) is 11.5 Å². The van der Waals surface area contributed by atoms with E-state index in [1.807, 2.05) is 76.3 Å². The van der Waals surface area contributed by atoms with Crippen LogP contribution < -0.4 is 9.47 Å². The number of aryl methyl sites for hydroxylation is 2. The maximum atomic E-state index is 13.0. The maximum Gasteiger partial charge on any atom is 0.253 e. The van der Waals surface area contributed by atoms with E-state index in [0.29, 0.717) is 25.3 Å². The zero-order valence-corrected chi connectivity index (χ0v) is 18.0. The molecule has 2 aromatic carbocycles. The van der Waals surface area contributed by atoms with Crippen LogP contribution in [0.3, 0.4) is 0 Å². The number of para-hydroxylation sites is 1. The van der Waals surface area contributed by atoms with Gasteiger partial charge in [0.1, 0.15) is 18.1 Å². The first kappa shape index (κ1) is 21.4. The first-order chi connectivity index (χ1) is 14.5. The Hall–Kier alpha value is -3.34. The van der Waals surface area contributed by atoms with Gasteiger partial charge in [0, 0.05) is 42.7 Å². The lowest BCUT2D eigenvalue weighted by Gasteiger charge is -2.21. The van der Waals surface area contributed by atoms with Crippen LogP contribution in [-0.2, 0) is 13.2 Å². The molecule has 0 spiro atoms. The molecule has 0 N–H and O–H groups in total. The van der Waals surface area contributed by atoms with E-state index in [9.17, 15) is 4.79 Å². The van der Waals surface area contributed by atoms with Gasteiger partial charge in [0.05, 0.1) is 6.61 Å². The molecule has 5 heteroatoms. The van der Waals surface area contributed by atoms with Crippen molar-refractivity contribution >= 4 is 5.91 Å². The molecule has 0 saturated heterocycles. The average Bonchev–Trinajstić information content (AvgIpc) is 2.74. The van der Waals surface area contributed by atoms with Gasteiger partial charge < -0.3 is 14.4 Å². The molecule has 0 saturated carbocycles. The third kappa shape index (κ3) is 5.17. The van der Waals surface area contributed by atoms with E-state index in [4.69, 9.17) is 9.47 Å². The zero-order chi connectivity index (χ0) is 21.5. The Morgan fingerprint density at radius 1 is 1.03 bits per heavy atom. The lowest BCUT2D eigenvalue weighted by atomic mass is 10.0. The molecule has 0 fully saturated rings. The number of nitrogens with zero attached hydrogens (tertiary/aromatic N) is 2. The fraction of sp³-hybridized carbons (Fsp3) is 0.280. The van der Waals surface area contributed by atoms with Crippen molar-refractivity contribution in [1.29, 1.82) is 0 Å². The van der Waals surface area contributed by atoms with Gasteiger partial charge in [-0.15, -0.1) is 0 Å². The minimum Gasteiger partial charge on any atom is -0.494 e. The summed E-state index contributed by atoms with van der Waals surface area (Å²) in [5.74, 6) is 1.58. The molecule has 156 valence electrons. The van der Waals surface area contributed by atoms with E-state index >= 15 is 0 Å². The van der Waals surface area contributed by atoms with Crippen LogP contribution in [0.15, 0.2) is 60.9 Å². The van der Waals surface area contributed by atoms with Gasteiger partial charge in [0.25, 0.3) is 5.91 Å². The van der Waals surface area contributed by atoms with Crippen molar-refractivity contribution in [1.82, 2.24) is 9.88 Å². The molecule has 1 amide bonds. The average molecular weight is 405 g/mol. The summed E-state index contributed by atoms with van der Waals surface area (Å²) in [7, 11) is 1.81. The van der Waals surface area contributed by atoms with Crippen molar-refractivity contribution in [3.8, 4) is 11.5 Å². The molecule has 0 aliphatic carbocycles. The summed E-state index contributed by atoms with van der Waals surface area (Å²) < 4.78 is 11.7. The molecule has 3 rings (SSSR count). The van der Waals surface area contributed by atoms with Crippen molar-refractivity contribution in [2.45, 2.75) is 33.9 Å². The Labute approximate surface area is 178 Å². The number of hydrogen-bond acceptors (Lipinski definition) is 4. The van der Waals surface area contributed by atoms with E-state index in [1.54, 1.807) is 17.3 Å². The van der Waals surface area contributed by atoms with Crippen molar-refractivity contribution < 1.29 is 14.3 Å². The minimum absolute atomic E-state index is 0.0358. The van der Waals surface area contributed by atoms with E-state index in [-0.39, 0.29) is 5.91 Å². The minimum atomic E-state index is -0.0358. The number of amides is 1. The van der Waals surface area contributed by atoms with Crippen LogP contribution >= 0.6 is 0 Å². The largest absolute Gasteiger partial charge is 0.494 e. The van der Waals surface area contributed by atoms with Crippen molar-refractivity contribution in [2.75, 3.05) is 13.7 Å². The van der Waals surface area contributed by atoms with Gasteiger partial charge in [-0.1, -0.05) is 24.3 Å². The Kier molecular flexibility index (Phi) is 7.07. The van der Waals surface area contributed by atoms with Crippen LogP contribution in [-0.4, -0.2) is 29.4 Å². The summed E-state index contributed by atoms with van der Waals surface area (Å²) in [6.07, 6.45) is 3.53. The van der Waals surface area contributed by atoms with Crippen LogP contribution in [0.1, 0.15) is 39.5 Å². The molecule has 5 nitrogen and oxygen atoms in total. The number of pyridine rings is 1. The second-order valence-electron chi connectivity index (χ2n) is 7.29. The first-order valence-electron chi connectivity index (χ1n) is 10.1. The van der Waals surface area contributed by atoms with Crippen LogP contribution in [0.2, 0.25) is 0 Å². The quantitative estimate of drug-likeness (QED) is 0.533. The van der Waals surface area contributed by atoms with Crippen molar-refractivity contribution in [3.05, 3.63) is 88.7 Å². The predicted octanol–water partition coefficient (Wildman–Crippen LogP) is 4.95. The lowest BCUT2D eigenvalue weighted by molar-refractivity contribution is 0.0783. The number of carbonyl (C=O) groups is 1. The third-order valence-corrected chi connectivity index (χ3v) is 4.84. The Balaban J connectivity index is 1.73. The molecule has 1 heterocycles. The highest BCUT2D eigenvalue weighted by molar-refractivity contribution is 5.94. The molecule has 30 heavy (non-hydrogen) atoms. The summed E-state index contributed by atoms with van der Waals surface area (Å²) in [5.41, 5.74) is 4.51. The number of ether oxygens (including phenoxy) is 2. The molecule has 0 bridgehead atoms. The molecule has 0 unspecified atom stereocenters. The van der Waals surface area contributed by atoms with Gasteiger partial charge in [-0.2, -0.15) is 0 Å². The van der Waals surface area contributed by atoms with E-state index in [0.717, 1.165) is 33.8 Å². The Bertz CT molecular complexity index is 979. The number of rotatable bonds is 8. The topological polar surface area (TPSA) is 51.7 Å². The highest BCUT2D eigenvalue weighted by Gasteiger charge is 2.17. The second kappa shape index (κ2) is 9.92. The number of benzene rings is 2. The van der Waals surface area contributed by atoms with Crippen LogP contribution in [0.4, 0.5) is 0 Å². The van der Waals surface area contributed by atoms with E-state index in [2.05, 4.69) is 4.98 Å². The lowest BCUT2D eigenvalue weighted by Crippen LogP contribution is -2.26. The van der Waals surface area contributed by atoms with Crippen LogP contribution in [0.25, 0.3) is 0 Å². The van der Waals surface area contributed by atoms with Gasteiger partial charge in [0.15, 0.2) is 0 Å². The Morgan fingerprint density at radius 3 is 2.43 bits per heavy atom. The van der Waals surface area contributed by atoms with Crippen molar-refractivity contribution in [2.24, 2.45) is 0 Å². The van der Waals surface area contributed by atoms with Gasteiger partial charge in [-0.3, -0.25) is 9.78 Å². The summed E-state index contributed by atoms with van der Waals surface area (Å²) in [5, 5.41) is 0. The summed E-state index contributed by atoms with van der Waals surface area (Å²) in [6, 6.07) is 15.5. The molecular formula is C25H28N2O3. The summed E-state index contributed by atoms with van der Waals surface area (Å²) >= 11 is 0. The SMILES string of the molecule is CCOc1ccccc1CN(C)C(=O)c1cc(C)c(OCc2cccnc2)c(C)c1. The highest BCUT2D eigenvalue weighted by atomic mass is 16.5. The zero-order valence-electron chi connectivity index (χ0n) is 18.0. The smallest absolute Gasteiger partial charge is 0.253 e. The van der Waals surface area contributed by atoms with Gasteiger partial charge >= 0.3 is 0 Å². The fourth-order valence-electron chi connectivity index (χ4n) is 3.42. The summed E-state index contributed by atoms with van der Waals surface area (Å²) in [6.45, 7) is 7.39. The molecule has 0 atom stereocenters. The monoisotopic (exact) mass is 404 g/mol. The molecule has 0 radical (unpaired) electrons. The van der Waals surface area contributed by atoms with E-state index < -0.39 is 0 Å². The van der Waals surface area contributed by atoms with E-state index in [1.165, 1.54) is 0 Å². The number of carbonyl (C=O) groups excluding carboxylic acids is 1. The Morgan fingerprint density at radius 2 is 1.77 bits per heavy atom. The normalized spacial score (nSPS) is 10.5. The molecule has 0 aliphatic rings. The summed E-state index contributed by atoms with van der Waals surface area (Å²) in [4.78, 5) is 18.9. The van der Waals surface area contributed by atoms with Crippen LogP contribution in [0, 0.1) is 13.8 Å². The maximum absolute atomic E-state index is 13.0. The van der Waals surface area contributed by atoms with Gasteiger partial charge in [-0.25, -0.2) is 0 Å². The molecular weight excluding hydrogens is 376 g/mol. The first-order valence-corrected chi connectivity index (χ1v) is 10.1. The number of aromatic nitrogens is 1.